The molecule has 2 aromatic carbocycles. The van der Waals surface area contributed by atoms with Gasteiger partial charge in [-0.25, -0.2) is 0 Å². The lowest BCUT2D eigenvalue weighted by molar-refractivity contribution is -0.118. The fourth-order valence-corrected chi connectivity index (χ4v) is 2.39. The number of anilines is 1. The maximum Gasteiger partial charge on any atom is 0.262 e. The van der Waals surface area contributed by atoms with E-state index < -0.39 is 0 Å². The van der Waals surface area contributed by atoms with Gasteiger partial charge in [0.1, 0.15) is 5.75 Å². The molecule has 6 nitrogen and oxygen atoms in total. The number of rotatable bonds is 7. The second-order valence-electron chi connectivity index (χ2n) is 5.18. The van der Waals surface area contributed by atoms with E-state index in [4.69, 9.17) is 30.5 Å². The van der Waals surface area contributed by atoms with Crippen molar-refractivity contribution in [3.8, 4) is 23.0 Å². The lowest BCUT2D eigenvalue weighted by atomic mass is 10.2. The summed E-state index contributed by atoms with van der Waals surface area (Å²) in [4.78, 5) is 12.1. The number of benzene rings is 2. The van der Waals surface area contributed by atoms with Gasteiger partial charge in [0.05, 0.1) is 26.4 Å². The van der Waals surface area contributed by atoms with Gasteiger partial charge in [0.15, 0.2) is 18.1 Å². The number of carbonyl (C=O) groups is 1. The second-order valence-corrected chi connectivity index (χ2v) is 5.59. The number of nitrogens with one attached hydrogen (secondary N) is 1. The lowest BCUT2D eigenvalue weighted by Crippen LogP contribution is -2.20. The normalized spacial score (nSPS) is 10.1. The molecule has 0 spiro atoms. The van der Waals surface area contributed by atoms with Crippen LogP contribution in [0.5, 0.6) is 23.0 Å². The van der Waals surface area contributed by atoms with E-state index in [0.29, 0.717) is 33.7 Å². The Morgan fingerprint density at radius 2 is 1.64 bits per heavy atom. The quantitative estimate of drug-likeness (QED) is 0.810. The fourth-order valence-electron chi connectivity index (χ4n) is 2.21. The van der Waals surface area contributed by atoms with Crippen molar-refractivity contribution in [2.24, 2.45) is 0 Å². The van der Waals surface area contributed by atoms with Crippen LogP contribution in [-0.4, -0.2) is 33.8 Å². The first-order valence-corrected chi connectivity index (χ1v) is 7.85. The zero-order chi connectivity index (χ0) is 18.4. The van der Waals surface area contributed by atoms with Crippen molar-refractivity contribution in [2.45, 2.75) is 6.92 Å². The summed E-state index contributed by atoms with van der Waals surface area (Å²) in [6, 6.07) is 8.64. The van der Waals surface area contributed by atoms with Gasteiger partial charge in [-0.15, -0.1) is 0 Å². The molecule has 0 bridgehead atoms. The highest BCUT2D eigenvalue weighted by atomic mass is 35.5. The molecule has 0 saturated carbocycles. The highest BCUT2D eigenvalue weighted by Crippen LogP contribution is 2.39. The van der Waals surface area contributed by atoms with E-state index in [2.05, 4.69) is 5.32 Å². The van der Waals surface area contributed by atoms with E-state index in [1.54, 1.807) is 24.3 Å². The third-order valence-electron chi connectivity index (χ3n) is 3.39. The van der Waals surface area contributed by atoms with Crippen molar-refractivity contribution < 1.29 is 23.7 Å². The van der Waals surface area contributed by atoms with Crippen LogP contribution in [0.3, 0.4) is 0 Å². The lowest BCUT2D eigenvalue weighted by Gasteiger charge is -2.15. The van der Waals surface area contributed by atoms with Crippen LogP contribution >= 0.6 is 11.6 Å². The predicted molar refractivity (Wildman–Crippen MR) is 96.4 cm³/mol. The highest BCUT2D eigenvalue weighted by molar-refractivity contribution is 6.32. The Kier molecular flexibility index (Phi) is 6.36. The summed E-state index contributed by atoms with van der Waals surface area (Å²) >= 11 is 6.05. The standard InChI is InChI=1S/C18H20ClNO5/c1-11-5-6-13(19)14(7-11)25-10-17(21)20-12-8-15(22-2)18(24-4)16(9-12)23-3/h5-9H,10H2,1-4H3,(H,20,21). The molecule has 7 heteroatoms. The van der Waals surface area contributed by atoms with Crippen molar-refractivity contribution in [2.75, 3.05) is 33.3 Å². The summed E-state index contributed by atoms with van der Waals surface area (Å²) in [5, 5.41) is 3.17. The van der Waals surface area contributed by atoms with Crippen molar-refractivity contribution in [3.63, 3.8) is 0 Å². The molecule has 0 aliphatic heterocycles. The summed E-state index contributed by atoms with van der Waals surface area (Å²) in [5.74, 6) is 1.46. The van der Waals surface area contributed by atoms with E-state index in [1.165, 1.54) is 21.3 Å². The first-order chi connectivity index (χ1) is 12.0. The van der Waals surface area contributed by atoms with Crippen LogP contribution in [0.25, 0.3) is 0 Å². The van der Waals surface area contributed by atoms with E-state index >= 15 is 0 Å². The van der Waals surface area contributed by atoms with Crippen molar-refractivity contribution in [3.05, 3.63) is 40.9 Å². The van der Waals surface area contributed by atoms with Crippen LogP contribution in [0.15, 0.2) is 30.3 Å². The molecule has 2 aromatic rings. The molecule has 0 atom stereocenters. The minimum atomic E-state index is -0.341. The molecule has 1 N–H and O–H groups in total. The number of hydrogen-bond acceptors (Lipinski definition) is 5. The molecular weight excluding hydrogens is 346 g/mol. The topological polar surface area (TPSA) is 66.0 Å². The molecule has 1 amide bonds. The van der Waals surface area contributed by atoms with Crippen LogP contribution in [0.4, 0.5) is 5.69 Å². The maximum atomic E-state index is 12.1. The Bertz CT molecular complexity index is 738. The van der Waals surface area contributed by atoms with Gasteiger partial charge in [-0.3, -0.25) is 4.79 Å². The van der Waals surface area contributed by atoms with Crippen molar-refractivity contribution in [1.29, 1.82) is 0 Å². The first-order valence-electron chi connectivity index (χ1n) is 7.47. The Morgan fingerprint density at radius 1 is 1.00 bits per heavy atom. The van der Waals surface area contributed by atoms with Crippen molar-refractivity contribution >= 4 is 23.2 Å². The number of ether oxygens (including phenoxy) is 4. The van der Waals surface area contributed by atoms with Gasteiger partial charge < -0.3 is 24.3 Å². The van der Waals surface area contributed by atoms with Crippen molar-refractivity contribution in [1.82, 2.24) is 0 Å². The molecule has 0 aliphatic carbocycles. The van der Waals surface area contributed by atoms with Crippen LogP contribution < -0.4 is 24.3 Å². The molecule has 0 aliphatic rings. The highest BCUT2D eigenvalue weighted by Gasteiger charge is 2.15. The maximum absolute atomic E-state index is 12.1. The van der Waals surface area contributed by atoms with Crippen LogP contribution in [0.2, 0.25) is 5.02 Å². The molecule has 134 valence electrons. The number of methoxy groups -OCH3 is 3. The van der Waals surface area contributed by atoms with Gasteiger partial charge in [-0.05, 0) is 24.6 Å². The number of carbonyl (C=O) groups excluding carboxylic acids is 1. The van der Waals surface area contributed by atoms with Crippen LogP contribution in [-0.2, 0) is 4.79 Å². The van der Waals surface area contributed by atoms with E-state index in [1.807, 2.05) is 13.0 Å². The van der Waals surface area contributed by atoms with E-state index in [9.17, 15) is 4.79 Å². The summed E-state index contributed by atoms with van der Waals surface area (Å²) in [6.07, 6.45) is 0. The Hall–Kier alpha value is -2.60. The average Bonchev–Trinajstić information content (AvgIpc) is 2.61. The van der Waals surface area contributed by atoms with Gasteiger partial charge in [0, 0.05) is 17.8 Å². The summed E-state index contributed by atoms with van der Waals surface area (Å²) < 4.78 is 21.2. The summed E-state index contributed by atoms with van der Waals surface area (Å²) in [6.45, 7) is 1.74. The largest absolute Gasteiger partial charge is 0.493 e. The Morgan fingerprint density at radius 3 is 2.20 bits per heavy atom. The molecule has 0 fully saturated rings. The summed E-state index contributed by atoms with van der Waals surface area (Å²) in [7, 11) is 4.52. The third-order valence-corrected chi connectivity index (χ3v) is 3.71. The predicted octanol–water partition coefficient (Wildman–Crippen LogP) is 3.69. The number of aryl methyl sites for hydroxylation is 1. The first kappa shape index (κ1) is 18.7. The zero-order valence-corrected chi connectivity index (χ0v) is 15.3. The molecular formula is C18H20ClNO5. The SMILES string of the molecule is COc1cc(NC(=O)COc2cc(C)ccc2Cl)cc(OC)c1OC. The fraction of sp³-hybridized carbons (Fsp3) is 0.278. The third kappa shape index (κ3) is 4.70. The Labute approximate surface area is 151 Å². The number of hydrogen-bond donors (Lipinski definition) is 1. The average molecular weight is 366 g/mol. The van der Waals surface area contributed by atoms with Gasteiger partial charge in [0.25, 0.3) is 5.91 Å². The number of halogens is 1. The molecule has 0 radical (unpaired) electrons. The summed E-state index contributed by atoms with van der Waals surface area (Å²) in [5.41, 5.74) is 1.49. The molecule has 25 heavy (non-hydrogen) atoms. The molecule has 0 heterocycles. The molecule has 2 rings (SSSR count). The minimum Gasteiger partial charge on any atom is -0.493 e. The van der Waals surface area contributed by atoms with Gasteiger partial charge in [-0.2, -0.15) is 0 Å². The molecule has 0 saturated heterocycles. The van der Waals surface area contributed by atoms with Gasteiger partial charge >= 0.3 is 0 Å². The smallest absolute Gasteiger partial charge is 0.262 e. The minimum absolute atomic E-state index is 0.181. The second kappa shape index (κ2) is 8.48. The van der Waals surface area contributed by atoms with Gasteiger partial charge in [-0.1, -0.05) is 17.7 Å². The van der Waals surface area contributed by atoms with E-state index in [0.717, 1.165) is 5.56 Å². The molecule has 0 aromatic heterocycles. The van der Waals surface area contributed by atoms with E-state index in [-0.39, 0.29) is 12.5 Å². The Balaban J connectivity index is 2.08. The van der Waals surface area contributed by atoms with Crippen LogP contribution in [0.1, 0.15) is 5.56 Å². The molecule has 0 unspecified atom stereocenters. The number of amides is 1. The zero-order valence-electron chi connectivity index (χ0n) is 14.5. The monoisotopic (exact) mass is 365 g/mol. The van der Waals surface area contributed by atoms with Crippen LogP contribution in [0, 0.1) is 6.92 Å². The van der Waals surface area contributed by atoms with Gasteiger partial charge in [0.2, 0.25) is 5.75 Å².